The summed E-state index contributed by atoms with van der Waals surface area (Å²) in [5.74, 6) is 0.00556. The number of hydrogen-bond acceptors (Lipinski definition) is 4. The lowest BCUT2D eigenvalue weighted by atomic mass is 9.95. The van der Waals surface area contributed by atoms with Crippen LogP contribution in [-0.2, 0) is 4.79 Å². The maximum absolute atomic E-state index is 12.0. The molecule has 0 atom stereocenters. The molecule has 23 heavy (non-hydrogen) atoms. The first kappa shape index (κ1) is 17.2. The Morgan fingerprint density at radius 3 is 2.52 bits per heavy atom. The van der Waals surface area contributed by atoms with E-state index in [0.29, 0.717) is 6.54 Å². The predicted molar refractivity (Wildman–Crippen MR) is 99.1 cm³/mol. The van der Waals surface area contributed by atoms with Crippen molar-refractivity contribution in [2.45, 2.75) is 27.7 Å². The summed E-state index contributed by atoms with van der Waals surface area (Å²) in [6.07, 6.45) is 1.81. The number of thiazole rings is 1. The average Bonchev–Trinajstić information content (AvgIpc) is 2.86. The molecule has 0 saturated heterocycles. The van der Waals surface area contributed by atoms with Crippen LogP contribution in [0.1, 0.15) is 25.6 Å². The summed E-state index contributed by atoms with van der Waals surface area (Å²) in [4.78, 5) is 17.8. The van der Waals surface area contributed by atoms with Crippen LogP contribution in [0.5, 0.6) is 0 Å². The summed E-state index contributed by atoms with van der Waals surface area (Å²) in [7, 11) is 0. The summed E-state index contributed by atoms with van der Waals surface area (Å²) >= 11 is 1.63. The summed E-state index contributed by atoms with van der Waals surface area (Å²) in [5.41, 5.74) is 2.40. The van der Waals surface area contributed by atoms with Gasteiger partial charge in [-0.25, -0.2) is 4.98 Å². The summed E-state index contributed by atoms with van der Waals surface area (Å²) < 4.78 is 0. The fourth-order valence-corrected chi connectivity index (χ4v) is 2.77. The van der Waals surface area contributed by atoms with Gasteiger partial charge in [-0.15, -0.1) is 17.9 Å². The Balaban J connectivity index is 2.15. The number of aryl methyl sites for hydroxylation is 1. The standard InChI is InChI=1S/C18H23N3OS/c1-6-11-19-17-21-15(12(2)23-17)13-7-9-14(10-8-13)20-16(22)18(3,4)5/h6-10H,1,11H2,2-5H3,(H,19,21)(H,20,22). The highest BCUT2D eigenvalue weighted by atomic mass is 32.1. The summed E-state index contributed by atoms with van der Waals surface area (Å²) in [6, 6.07) is 7.79. The van der Waals surface area contributed by atoms with Crippen LogP contribution in [0.2, 0.25) is 0 Å². The number of aromatic nitrogens is 1. The van der Waals surface area contributed by atoms with Crippen LogP contribution in [-0.4, -0.2) is 17.4 Å². The molecule has 4 nitrogen and oxygen atoms in total. The third kappa shape index (κ3) is 4.42. The zero-order chi connectivity index (χ0) is 17.0. The van der Waals surface area contributed by atoms with E-state index in [0.717, 1.165) is 27.0 Å². The zero-order valence-corrected chi connectivity index (χ0v) is 14.9. The second-order valence-corrected chi connectivity index (χ2v) is 7.58. The Hall–Kier alpha value is -2.14. The van der Waals surface area contributed by atoms with E-state index in [9.17, 15) is 4.79 Å². The summed E-state index contributed by atoms with van der Waals surface area (Å²) in [5, 5.41) is 7.03. The molecule has 1 aromatic carbocycles. The molecule has 0 aliphatic heterocycles. The van der Waals surface area contributed by atoms with Crippen LogP contribution >= 0.6 is 11.3 Å². The van der Waals surface area contributed by atoms with Gasteiger partial charge in [0.05, 0.1) is 5.69 Å². The number of nitrogens with zero attached hydrogens (tertiary/aromatic N) is 1. The fraction of sp³-hybridized carbons (Fsp3) is 0.333. The molecule has 0 aliphatic carbocycles. The van der Waals surface area contributed by atoms with Gasteiger partial charge >= 0.3 is 0 Å². The Morgan fingerprint density at radius 2 is 1.96 bits per heavy atom. The molecule has 0 radical (unpaired) electrons. The van der Waals surface area contributed by atoms with Crippen LogP contribution in [0.15, 0.2) is 36.9 Å². The molecule has 0 fully saturated rings. The van der Waals surface area contributed by atoms with Gasteiger partial charge in [0.25, 0.3) is 0 Å². The highest BCUT2D eigenvalue weighted by molar-refractivity contribution is 7.16. The molecule has 2 N–H and O–H groups in total. The molecule has 122 valence electrons. The van der Waals surface area contributed by atoms with Gasteiger partial charge in [0.1, 0.15) is 0 Å². The van der Waals surface area contributed by atoms with Gasteiger partial charge in [-0.2, -0.15) is 0 Å². The third-order valence-corrected chi connectivity index (χ3v) is 4.22. The van der Waals surface area contributed by atoms with Crippen molar-refractivity contribution in [2.24, 2.45) is 5.41 Å². The number of anilines is 2. The molecule has 1 heterocycles. The minimum Gasteiger partial charge on any atom is -0.358 e. The van der Waals surface area contributed by atoms with Crippen LogP contribution in [0.25, 0.3) is 11.3 Å². The second kappa shape index (κ2) is 6.96. The number of carbonyl (C=O) groups excluding carboxylic acids is 1. The molecular weight excluding hydrogens is 306 g/mol. The maximum atomic E-state index is 12.0. The Kier molecular flexibility index (Phi) is 5.21. The van der Waals surface area contributed by atoms with Gasteiger partial charge < -0.3 is 10.6 Å². The first-order valence-corrected chi connectivity index (χ1v) is 8.37. The minimum absolute atomic E-state index is 0.00556. The van der Waals surface area contributed by atoms with Crippen molar-refractivity contribution >= 4 is 28.1 Å². The van der Waals surface area contributed by atoms with Crippen LogP contribution in [0.4, 0.5) is 10.8 Å². The molecule has 2 aromatic rings. The van der Waals surface area contributed by atoms with E-state index in [1.54, 1.807) is 11.3 Å². The van der Waals surface area contributed by atoms with Gasteiger partial charge in [-0.1, -0.05) is 39.0 Å². The molecule has 0 spiro atoms. The predicted octanol–water partition coefficient (Wildman–Crippen LogP) is 4.70. The molecule has 0 aliphatic rings. The summed E-state index contributed by atoms with van der Waals surface area (Å²) in [6.45, 7) is 12.1. The van der Waals surface area contributed by atoms with E-state index in [2.05, 4.69) is 29.1 Å². The molecular formula is C18H23N3OS. The normalized spacial score (nSPS) is 11.1. The van der Waals surface area contributed by atoms with E-state index >= 15 is 0 Å². The number of nitrogens with one attached hydrogen (secondary N) is 2. The van der Waals surface area contributed by atoms with Crippen molar-refractivity contribution in [1.29, 1.82) is 0 Å². The number of rotatable bonds is 5. The van der Waals surface area contributed by atoms with Crippen molar-refractivity contribution in [2.75, 3.05) is 17.2 Å². The Bertz CT molecular complexity index is 696. The molecule has 1 aromatic heterocycles. The molecule has 0 saturated carbocycles. The molecule has 1 amide bonds. The molecule has 0 bridgehead atoms. The van der Waals surface area contributed by atoms with E-state index in [1.807, 2.05) is 51.1 Å². The first-order valence-electron chi connectivity index (χ1n) is 7.55. The zero-order valence-electron chi connectivity index (χ0n) is 14.1. The smallest absolute Gasteiger partial charge is 0.229 e. The van der Waals surface area contributed by atoms with Gasteiger partial charge in [0.15, 0.2) is 5.13 Å². The number of benzene rings is 1. The van der Waals surface area contributed by atoms with Crippen LogP contribution < -0.4 is 10.6 Å². The van der Waals surface area contributed by atoms with Crippen LogP contribution in [0, 0.1) is 12.3 Å². The molecule has 0 unspecified atom stereocenters. The minimum atomic E-state index is -0.407. The number of carbonyl (C=O) groups is 1. The van der Waals surface area contributed by atoms with Gasteiger partial charge in [-0.05, 0) is 19.1 Å². The van der Waals surface area contributed by atoms with Gasteiger partial charge in [0, 0.05) is 28.1 Å². The fourth-order valence-electron chi connectivity index (χ4n) is 1.93. The lowest BCUT2D eigenvalue weighted by molar-refractivity contribution is -0.123. The largest absolute Gasteiger partial charge is 0.358 e. The molecule has 5 heteroatoms. The molecule has 2 rings (SSSR count). The van der Waals surface area contributed by atoms with Crippen molar-refractivity contribution in [3.63, 3.8) is 0 Å². The topological polar surface area (TPSA) is 54.0 Å². The Morgan fingerprint density at radius 1 is 1.30 bits per heavy atom. The van der Waals surface area contributed by atoms with E-state index < -0.39 is 5.41 Å². The second-order valence-electron chi connectivity index (χ2n) is 6.37. The maximum Gasteiger partial charge on any atom is 0.229 e. The van der Waals surface area contributed by atoms with Crippen molar-refractivity contribution in [3.8, 4) is 11.3 Å². The van der Waals surface area contributed by atoms with Crippen molar-refractivity contribution in [1.82, 2.24) is 4.98 Å². The van der Waals surface area contributed by atoms with Crippen molar-refractivity contribution in [3.05, 3.63) is 41.8 Å². The SMILES string of the molecule is C=CCNc1nc(-c2ccc(NC(=O)C(C)(C)C)cc2)c(C)s1. The number of hydrogen-bond donors (Lipinski definition) is 2. The van der Waals surface area contributed by atoms with E-state index in [4.69, 9.17) is 0 Å². The Labute approximate surface area is 141 Å². The van der Waals surface area contributed by atoms with Gasteiger partial charge in [-0.3, -0.25) is 4.79 Å². The monoisotopic (exact) mass is 329 g/mol. The highest BCUT2D eigenvalue weighted by Gasteiger charge is 2.21. The quantitative estimate of drug-likeness (QED) is 0.782. The lowest BCUT2D eigenvalue weighted by Gasteiger charge is -2.17. The van der Waals surface area contributed by atoms with E-state index in [-0.39, 0.29) is 5.91 Å². The number of amides is 1. The first-order chi connectivity index (χ1) is 10.8. The van der Waals surface area contributed by atoms with Gasteiger partial charge in [0.2, 0.25) is 5.91 Å². The average molecular weight is 329 g/mol. The lowest BCUT2D eigenvalue weighted by Crippen LogP contribution is -2.27. The highest BCUT2D eigenvalue weighted by Crippen LogP contribution is 2.31. The van der Waals surface area contributed by atoms with E-state index in [1.165, 1.54) is 0 Å². The van der Waals surface area contributed by atoms with Crippen LogP contribution in [0.3, 0.4) is 0 Å². The third-order valence-electron chi connectivity index (χ3n) is 3.29. The van der Waals surface area contributed by atoms with Crippen molar-refractivity contribution < 1.29 is 4.79 Å².